The highest BCUT2D eigenvalue weighted by molar-refractivity contribution is 4.78. The van der Waals surface area contributed by atoms with Crippen molar-refractivity contribution in [2.45, 2.75) is 57.9 Å². The van der Waals surface area contributed by atoms with Gasteiger partial charge in [0.2, 0.25) is 0 Å². The molecule has 1 saturated carbocycles. The van der Waals surface area contributed by atoms with Gasteiger partial charge in [-0.2, -0.15) is 0 Å². The van der Waals surface area contributed by atoms with Crippen molar-refractivity contribution in [1.29, 1.82) is 0 Å². The van der Waals surface area contributed by atoms with Crippen molar-refractivity contribution in [2.75, 3.05) is 13.2 Å². The van der Waals surface area contributed by atoms with E-state index in [2.05, 4.69) is 19.2 Å². The van der Waals surface area contributed by atoms with Crippen LogP contribution in [0, 0.1) is 5.92 Å². The topological polar surface area (TPSA) is 32.3 Å². The molecule has 14 heavy (non-hydrogen) atoms. The highest BCUT2D eigenvalue weighted by atomic mass is 16.3. The lowest BCUT2D eigenvalue weighted by Gasteiger charge is -2.26. The molecule has 0 saturated heterocycles. The Labute approximate surface area is 88.1 Å². The van der Waals surface area contributed by atoms with Gasteiger partial charge in [0.15, 0.2) is 0 Å². The van der Waals surface area contributed by atoms with E-state index in [1.807, 2.05) is 0 Å². The van der Waals surface area contributed by atoms with Gasteiger partial charge in [0.1, 0.15) is 0 Å². The summed E-state index contributed by atoms with van der Waals surface area (Å²) in [5, 5.41) is 12.4. The molecule has 2 nitrogen and oxygen atoms in total. The van der Waals surface area contributed by atoms with Crippen LogP contribution in [0.5, 0.6) is 0 Å². The minimum absolute atomic E-state index is 0.105. The quantitative estimate of drug-likeness (QED) is 0.688. The van der Waals surface area contributed by atoms with E-state index in [0.29, 0.717) is 0 Å². The maximum absolute atomic E-state index is 8.87. The molecule has 2 N–H and O–H groups in total. The summed E-state index contributed by atoms with van der Waals surface area (Å²) in [6, 6.07) is 0. The van der Waals surface area contributed by atoms with Crippen LogP contribution in [0.3, 0.4) is 0 Å². The van der Waals surface area contributed by atoms with Crippen LogP contribution in [0.15, 0.2) is 0 Å². The van der Waals surface area contributed by atoms with Gasteiger partial charge in [0.25, 0.3) is 0 Å². The molecule has 0 atom stereocenters. The molecule has 0 aliphatic heterocycles. The third kappa shape index (κ3) is 4.43. The zero-order valence-electron chi connectivity index (χ0n) is 9.68. The summed E-state index contributed by atoms with van der Waals surface area (Å²) in [4.78, 5) is 0. The summed E-state index contributed by atoms with van der Waals surface area (Å²) in [5.74, 6) is 0.965. The summed E-state index contributed by atoms with van der Waals surface area (Å²) in [6.07, 6.45) is 7.89. The van der Waals surface area contributed by atoms with Crippen LogP contribution in [0.4, 0.5) is 0 Å². The first-order chi connectivity index (χ1) is 6.64. The van der Waals surface area contributed by atoms with E-state index >= 15 is 0 Å². The molecule has 0 aromatic rings. The Balaban J connectivity index is 2.07. The van der Waals surface area contributed by atoms with Crippen molar-refractivity contribution in [2.24, 2.45) is 5.92 Å². The zero-order chi connectivity index (χ0) is 10.4. The second-order valence-electron chi connectivity index (χ2n) is 5.22. The first-order valence-electron chi connectivity index (χ1n) is 6.00. The SMILES string of the molecule is CC(C)(CCO)NCCC1CCCC1. The smallest absolute Gasteiger partial charge is 0.0448 e. The zero-order valence-corrected chi connectivity index (χ0v) is 9.68. The molecule has 2 heteroatoms. The predicted octanol–water partition coefficient (Wildman–Crippen LogP) is 2.32. The van der Waals surface area contributed by atoms with Crippen LogP contribution in [0.2, 0.25) is 0 Å². The van der Waals surface area contributed by atoms with Gasteiger partial charge in [-0.25, -0.2) is 0 Å². The molecular formula is C12H25NO. The Morgan fingerprint density at radius 2 is 1.93 bits per heavy atom. The number of nitrogens with one attached hydrogen (secondary N) is 1. The van der Waals surface area contributed by atoms with Gasteiger partial charge in [-0.15, -0.1) is 0 Å². The number of hydrogen-bond acceptors (Lipinski definition) is 2. The molecule has 1 aliphatic carbocycles. The maximum Gasteiger partial charge on any atom is 0.0448 e. The van der Waals surface area contributed by atoms with E-state index in [1.54, 1.807) is 0 Å². The number of aliphatic hydroxyl groups excluding tert-OH is 1. The molecular weight excluding hydrogens is 174 g/mol. The van der Waals surface area contributed by atoms with E-state index < -0.39 is 0 Å². The lowest BCUT2D eigenvalue weighted by molar-refractivity contribution is 0.228. The van der Waals surface area contributed by atoms with Crippen molar-refractivity contribution in [3.05, 3.63) is 0 Å². The van der Waals surface area contributed by atoms with Crippen molar-refractivity contribution < 1.29 is 5.11 Å². The lowest BCUT2D eigenvalue weighted by Crippen LogP contribution is -2.40. The van der Waals surface area contributed by atoms with Crippen molar-refractivity contribution in [3.63, 3.8) is 0 Å². The molecule has 0 amide bonds. The lowest BCUT2D eigenvalue weighted by atomic mass is 9.99. The van der Waals surface area contributed by atoms with Crippen LogP contribution in [-0.2, 0) is 0 Å². The largest absolute Gasteiger partial charge is 0.396 e. The third-order valence-corrected chi connectivity index (χ3v) is 3.37. The van der Waals surface area contributed by atoms with Gasteiger partial charge in [-0.1, -0.05) is 25.7 Å². The van der Waals surface area contributed by atoms with E-state index in [1.165, 1.54) is 32.1 Å². The first kappa shape index (κ1) is 12.0. The normalized spacial score (nSPS) is 19.1. The fraction of sp³-hybridized carbons (Fsp3) is 1.00. The summed E-state index contributed by atoms with van der Waals surface area (Å²) in [6.45, 7) is 5.72. The summed E-state index contributed by atoms with van der Waals surface area (Å²) in [7, 11) is 0. The molecule has 0 unspecified atom stereocenters. The van der Waals surface area contributed by atoms with Crippen LogP contribution in [0.25, 0.3) is 0 Å². The monoisotopic (exact) mass is 199 g/mol. The Morgan fingerprint density at radius 1 is 1.29 bits per heavy atom. The van der Waals surface area contributed by atoms with Gasteiger partial charge in [-0.05, 0) is 39.2 Å². The average molecular weight is 199 g/mol. The second-order valence-corrected chi connectivity index (χ2v) is 5.22. The molecule has 0 heterocycles. The average Bonchev–Trinajstić information content (AvgIpc) is 2.56. The van der Waals surface area contributed by atoms with Crippen LogP contribution in [0.1, 0.15) is 52.4 Å². The summed E-state index contributed by atoms with van der Waals surface area (Å²) >= 11 is 0. The molecule has 0 radical (unpaired) electrons. The van der Waals surface area contributed by atoms with Crippen molar-refractivity contribution >= 4 is 0 Å². The van der Waals surface area contributed by atoms with Crippen LogP contribution in [-0.4, -0.2) is 23.8 Å². The van der Waals surface area contributed by atoms with E-state index in [4.69, 9.17) is 5.11 Å². The standard InChI is InChI=1S/C12H25NO/c1-12(2,8-10-14)13-9-7-11-5-3-4-6-11/h11,13-14H,3-10H2,1-2H3. The van der Waals surface area contributed by atoms with Crippen molar-refractivity contribution in [1.82, 2.24) is 5.32 Å². The number of aliphatic hydroxyl groups is 1. The van der Waals surface area contributed by atoms with E-state index in [0.717, 1.165) is 18.9 Å². The van der Waals surface area contributed by atoms with Crippen molar-refractivity contribution in [3.8, 4) is 0 Å². The van der Waals surface area contributed by atoms with Gasteiger partial charge in [0.05, 0.1) is 0 Å². The minimum atomic E-state index is 0.105. The van der Waals surface area contributed by atoms with E-state index in [-0.39, 0.29) is 12.1 Å². The Kier molecular flexibility index (Phi) is 4.90. The maximum atomic E-state index is 8.87. The molecule has 0 aromatic carbocycles. The molecule has 0 aromatic heterocycles. The van der Waals surface area contributed by atoms with Gasteiger partial charge in [0, 0.05) is 12.1 Å². The molecule has 1 rings (SSSR count). The molecule has 84 valence electrons. The van der Waals surface area contributed by atoms with Gasteiger partial charge >= 0.3 is 0 Å². The highest BCUT2D eigenvalue weighted by Gasteiger charge is 2.18. The summed E-state index contributed by atoms with van der Waals surface area (Å²) < 4.78 is 0. The number of hydrogen-bond donors (Lipinski definition) is 2. The molecule has 0 spiro atoms. The van der Waals surface area contributed by atoms with Crippen LogP contribution < -0.4 is 5.32 Å². The second kappa shape index (κ2) is 5.72. The van der Waals surface area contributed by atoms with Gasteiger partial charge < -0.3 is 10.4 Å². The third-order valence-electron chi connectivity index (χ3n) is 3.37. The van der Waals surface area contributed by atoms with E-state index in [9.17, 15) is 0 Å². The molecule has 1 fully saturated rings. The highest BCUT2D eigenvalue weighted by Crippen LogP contribution is 2.27. The van der Waals surface area contributed by atoms with Gasteiger partial charge in [-0.3, -0.25) is 0 Å². The predicted molar refractivity (Wildman–Crippen MR) is 60.4 cm³/mol. The van der Waals surface area contributed by atoms with Crippen LogP contribution >= 0.6 is 0 Å². The first-order valence-corrected chi connectivity index (χ1v) is 6.00. The Bertz CT molecular complexity index is 150. The Morgan fingerprint density at radius 3 is 2.50 bits per heavy atom. The molecule has 0 bridgehead atoms. The molecule has 1 aliphatic rings. The minimum Gasteiger partial charge on any atom is -0.396 e. The Hall–Kier alpha value is -0.0800. The number of rotatable bonds is 6. The fourth-order valence-corrected chi connectivity index (χ4v) is 2.28. The fourth-order valence-electron chi connectivity index (χ4n) is 2.28. The summed E-state index contributed by atoms with van der Waals surface area (Å²) in [5.41, 5.74) is 0.105.